The number of rotatable bonds is 11. The Morgan fingerprint density at radius 1 is 1.04 bits per heavy atom. The molecule has 2 amide bonds. The van der Waals surface area contributed by atoms with E-state index < -0.39 is 98.8 Å². The van der Waals surface area contributed by atoms with E-state index in [4.69, 9.17) is 22.1 Å². The number of halogens is 8. The number of pyridine rings is 1. The van der Waals surface area contributed by atoms with Gasteiger partial charge in [-0.15, -0.1) is 0 Å². The van der Waals surface area contributed by atoms with E-state index in [9.17, 15) is 53.5 Å². The smallest absolute Gasteiger partial charge is 0.456 e. The Morgan fingerprint density at radius 3 is 2.30 bits per heavy atom. The summed E-state index contributed by atoms with van der Waals surface area (Å²) in [5, 5.41) is 6.03. The number of benzene rings is 2. The molecule has 0 aliphatic heterocycles. The van der Waals surface area contributed by atoms with Crippen molar-refractivity contribution in [3.63, 3.8) is 0 Å². The number of nitrogens with zero attached hydrogens (tertiary/aromatic N) is 5. The Morgan fingerprint density at radius 2 is 1.70 bits per heavy atom. The van der Waals surface area contributed by atoms with Gasteiger partial charge in [-0.1, -0.05) is 11.6 Å². The molecule has 14 nitrogen and oxygen atoms in total. The normalized spacial score (nSPS) is 12.9. The lowest BCUT2D eigenvalue weighted by atomic mass is 10.1. The van der Waals surface area contributed by atoms with Crippen molar-refractivity contribution in [2.45, 2.75) is 24.6 Å². The molecule has 0 aliphatic carbocycles. The van der Waals surface area contributed by atoms with Crippen molar-refractivity contribution in [2.75, 3.05) is 23.9 Å². The number of fused-ring (bicyclic) bond motifs is 2. The SMILES string of the molecule is Cn1nc(NC(=O)CS(C)(=O)=O)c2c(Cl)ccc(-n3c(C(Cc4cc(F)cc(F)c4)OC(N)=O)nc4nc(OCC(F)(F)C(F)(F)F)ccc4c3=O)c21. The number of alkyl halides is 5. The molecule has 1 atom stereocenters. The van der Waals surface area contributed by atoms with Gasteiger partial charge < -0.3 is 20.5 Å². The average molecular weight is 794 g/mol. The molecule has 5 aromatic rings. The molecule has 5 rings (SSSR count). The Hall–Kier alpha value is -5.51. The van der Waals surface area contributed by atoms with Crippen LogP contribution < -0.4 is 21.3 Å². The van der Waals surface area contributed by atoms with Crippen LogP contribution >= 0.6 is 11.6 Å². The lowest BCUT2D eigenvalue weighted by molar-refractivity contribution is -0.290. The maximum absolute atomic E-state index is 14.3. The molecule has 0 fully saturated rings. The van der Waals surface area contributed by atoms with Crippen LogP contribution in [0.5, 0.6) is 5.88 Å². The van der Waals surface area contributed by atoms with E-state index in [-0.39, 0.29) is 33.0 Å². The number of anilines is 1. The second-order valence-corrected chi connectivity index (χ2v) is 14.0. The Labute approximate surface area is 297 Å². The van der Waals surface area contributed by atoms with Crippen LogP contribution in [0.15, 0.2) is 47.3 Å². The summed E-state index contributed by atoms with van der Waals surface area (Å²) in [7, 11) is -2.44. The molecule has 282 valence electrons. The predicted octanol–water partition coefficient (Wildman–Crippen LogP) is 4.54. The van der Waals surface area contributed by atoms with Crippen LogP contribution in [-0.2, 0) is 32.8 Å². The van der Waals surface area contributed by atoms with Crippen LogP contribution in [-0.4, -0.2) is 75.4 Å². The molecule has 23 heteroatoms. The number of nitrogens with two attached hydrogens (primary N) is 1. The van der Waals surface area contributed by atoms with E-state index in [0.717, 1.165) is 39.8 Å². The second kappa shape index (κ2) is 14.1. The van der Waals surface area contributed by atoms with Gasteiger partial charge in [-0.2, -0.15) is 32.0 Å². The number of aromatic nitrogens is 5. The quantitative estimate of drug-likeness (QED) is 0.180. The van der Waals surface area contributed by atoms with Crippen molar-refractivity contribution in [3.8, 4) is 11.6 Å². The van der Waals surface area contributed by atoms with Crippen LogP contribution in [0.3, 0.4) is 0 Å². The van der Waals surface area contributed by atoms with Gasteiger partial charge >= 0.3 is 18.2 Å². The summed E-state index contributed by atoms with van der Waals surface area (Å²) in [6.07, 6.45) is -9.02. The first-order valence-electron chi connectivity index (χ1n) is 14.6. The van der Waals surface area contributed by atoms with E-state index in [1.54, 1.807) is 0 Å². The molecule has 3 aromatic heterocycles. The zero-order valence-electron chi connectivity index (χ0n) is 26.8. The summed E-state index contributed by atoms with van der Waals surface area (Å²) in [6, 6.07) is 6.54. The van der Waals surface area contributed by atoms with Gasteiger partial charge in [0.2, 0.25) is 11.8 Å². The number of hydrogen-bond acceptors (Lipinski definition) is 10. The van der Waals surface area contributed by atoms with Crippen LogP contribution in [0.2, 0.25) is 5.02 Å². The molecule has 0 radical (unpaired) electrons. The highest BCUT2D eigenvalue weighted by Gasteiger charge is 2.58. The summed E-state index contributed by atoms with van der Waals surface area (Å²) < 4.78 is 129. The summed E-state index contributed by atoms with van der Waals surface area (Å²) in [5.41, 5.74) is 3.34. The highest BCUT2D eigenvalue weighted by molar-refractivity contribution is 7.91. The van der Waals surface area contributed by atoms with Crippen LogP contribution in [0.25, 0.3) is 27.6 Å². The summed E-state index contributed by atoms with van der Waals surface area (Å²) in [4.78, 5) is 47.1. The first-order chi connectivity index (χ1) is 24.5. The molecule has 0 saturated heterocycles. The lowest BCUT2D eigenvalue weighted by Crippen LogP contribution is -2.41. The molecule has 2 aromatic carbocycles. The van der Waals surface area contributed by atoms with Gasteiger partial charge in [0.25, 0.3) is 5.56 Å². The Kier molecular flexibility index (Phi) is 10.3. The van der Waals surface area contributed by atoms with E-state index in [2.05, 4.69) is 25.1 Å². The maximum Gasteiger partial charge on any atom is 0.456 e. The van der Waals surface area contributed by atoms with Crippen LogP contribution in [0, 0.1) is 11.6 Å². The number of amides is 2. The molecule has 0 bridgehead atoms. The molecular formula is C30H23ClF7N7O7S. The van der Waals surface area contributed by atoms with Crippen molar-refractivity contribution in [3.05, 3.63) is 80.9 Å². The van der Waals surface area contributed by atoms with E-state index in [1.807, 2.05) is 0 Å². The van der Waals surface area contributed by atoms with Crippen LogP contribution in [0.1, 0.15) is 17.5 Å². The molecule has 3 heterocycles. The zero-order valence-corrected chi connectivity index (χ0v) is 28.4. The number of carbonyl (C=O) groups is 2. The Balaban J connectivity index is 1.77. The summed E-state index contributed by atoms with van der Waals surface area (Å²) >= 11 is 6.47. The first-order valence-corrected chi connectivity index (χ1v) is 17.0. The van der Waals surface area contributed by atoms with Crippen molar-refractivity contribution < 1.29 is 58.2 Å². The molecular weight excluding hydrogens is 771 g/mol. The number of carbonyl (C=O) groups excluding carboxylic acids is 2. The third kappa shape index (κ3) is 8.43. The number of primary amides is 1. The number of aryl methyl sites for hydroxylation is 1. The standard InChI is InChI=1S/C30H23ClF7N7O7S/c1-44-23-18(5-4-17(31)22(23)25(43-44)40-20(46)11-53(2,49)50)45-26(19(52-28(39)48)9-13-7-14(32)10-15(33)8-13)42-24-16(27(45)47)3-6-21(41-24)51-12-29(34,35)30(36,37)38/h3-8,10,19H,9,11-12H2,1-2H3,(H2,39,48)(H,40,43,46). The van der Waals surface area contributed by atoms with Gasteiger partial charge in [-0.05, 0) is 35.9 Å². The number of nitrogens with one attached hydrogen (secondary N) is 1. The molecule has 0 saturated carbocycles. The maximum atomic E-state index is 14.3. The fraction of sp³-hybridized carbons (Fsp3) is 0.267. The van der Waals surface area contributed by atoms with Gasteiger partial charge in [0.05, 0.1) is 27.0 Å². The fourth-order valence-electron chi connectivity index (χ4n) is 5.14. The van der Waals surface area contributed by atoms with Crippen molar-refractivity contribution in [1.82, 2.24) is 24.3 Å². The summed E-state index contributed by atoms with van der Waals surface area (Å²) in [5.74, 6) is -11.0. The van der Waals surface area contributed by atoms with Crippen molar-refractivity contribution >= 4 is 61.2 Å². The van der Waals surface area contributed by atoms with Gasteiger partial charge in [-0.25, -0.2) is 27.0 Å². The minimum atomic E-state index is -5.97. The third-order valence-corrected chi connectivity index (χ3v) is 8.35. The fourth-order valence-corrected chi connectivity index (χ4v) is 5.93. The van der Waals surface area contributed by atoms with Crippen molar-refractivity contribution in [2.24, 2.45) is 12.8 Å². The number of sulfone groups is 1. The lowest BCUT2D eigenvalue weighted by Gasteiger charge is -2.22. The van der Waals surface area contributed by atoms with Gasteiger partial charge in [0, 0.05) is 31.9 Å². The first kappa shape index (κ1) is 38.7. The molecule has 0 spiro atoms. The minimum Gasteiger partial charge on any atom is -0.471 e. The topological polar surface area (TPSA) is 190 Å². The average Bonchev–Trinajstić information content (AvgIpc) is 3.34. The van der Waals surface area contributed by atoms with Gasteiger partial charge in [0.1, 0.15) is 17.4 Å². The number of ether oxygens (including phenoxy) is 2. The zero-order chi connectivity index (χ0) is 39.2. The highest BCUT2D eigenvalue weighted by atomic mass is 35.5. The summed E-state index contributed by atoms with van der Waals surface area (Å²) in [6.45, 7) is -2.19. The van der Waals surface area contributed by atoms with Crippen LogP contribution in [0.4, 0.5) is 41.3 Å². The molecule has 0 aliphatic rings. The molecule has 3 N–H and O–H groups in total. The van der Waals surface area contributed by atoms with Gasteiger partial charge in [-0.3, -0.25) is 18.8 Å². The molecule has 53 heavy (non-hydrogen) atoms. The molecule has 1 unspecified atom stereocenters. The third-order valence-electron chi connectivity index (χ3n) is 7.25. The monoisotopic (exact) mass is 793 g/mol. The van der Waals surface area contributed by atoms with E-state index in [0.29, 0.717) is 6.07 Å². The predicted molar refractivity (Wildman–Crippen MR) is 173 cm³/mol. The van der Waals surface area contributed by atoms with E-state index in [1.165, 1.54) is 19.2 Å². The largest absolute Gasteiger partial charge is 0.471 e. The van der Waals surface area contributed by atoms with Crippen molar-refractivity contribution in [1.29, 1.82) is 0 Å². The van der Waals surface area contributed by atoms with Gasteiger partial charge in [0.15, 0.2) is 39.8 Å². The Bertz CT molecular complexity index is 2440. The minimum absolute atomic E-state index is 0.0198. The number of hydrogen-bond donors (Lipinski definition) is 2. The highest BCUT2D eigenvalue weighted by Crippen LogP contribution is 2.37. The second-order valence-electron chi connectivity index (χ2n) is 11.4. The van der Waals surface area contributed by atoms with E-state index >= 15 is 0 Å².